The summed E-state index contributed by atoms with van der Waals surface area (Å²) < 4.78 is 5.89. The van der Waals surface area contributed by atoms with Gasteiger partial charge in [-0.2, -0.15) is 4.98 Å². The third kappa shape index (κ3) is 4.08. The molecule has 0 amide bonds. The number of anilines is 2. The van der Waals surface area contributed by atoms with Crippen LogP contribution < -0.4 is 15.4 Å². The van der Waals surface area contributed by atoms with E-state index in [2.05, 4.69) is 46.0 Å². The van der Waals surface area contributed by atoms with Gasteiger partial charge in [0, 0.05) is 31.1 Å². The van der Waals surface area contributed by atoms with Gasteiger partial charge in [-0.3, -0.25) is 9.69 Å². The summed E-state index contributed by atoms with van der Waals surface area (Å²) in [4.78, 5) is 22.4. The molecule has 6 heteroatoms. The molecular formula is C26H34N4O2. The number of nitrogen functional groups attached to an aromatic ring is 1. The molecule has 3 aliphatic rings. The Kier molecular flexibility index (Phi) is 5.80. The smallest absolute Gasteiger partial charge is 0.217 e. The van der Waals surface area contributed by atoms with E-state index in [9.17, 15) is 4.79 Å². The second-order valence-corrected chi connectivity index (χ2v) is 9.57. The lowest BCUT2D eigenvalue weighted by molar-refractivity contribution is -0.121. The quantitative estimate of drug-likeness (QED) is 0.631. The van der Waals surface area contributed by atoms with Crippen LogP contribution in [0.25, 0.3) is 0 Å². The zero-order valence-electron chi connectivity index (χ0n) is 19.1. The van der Waals surface area contributed by atoms with Crippen molar-refractivity contribution in [2.75, 3.05) is 30.3 Å². The Morgan fingerprint density at radius 2 is 1.88 bits per heavy atom. The van der Waals surface area contributed by atoms with Gasteiger partial charge in [0.1, 0.15) is 5.82 Å². The summed E-state index contributed by atoms with van der Waals surface area (Å²) in [7, 11) is 0. The summed E-state index contributed by atoms with van der Waals surface area (Å²) in [6, 6.07) is 10.8. The van der Waals surface area contributed by atoms with Crippen LogP contribution in [0.1, 0.15) is 62.1 Å². The fraction of sp³-hybridized carbons (Fsp3) is 0.538. The van der Waals surface area contributed by atoms with Gasteiger partial charge in [-0.15, -0.1) is 0 Å². The van der Waals surface area contributed by atoms with Crippen molar-refractivity contribution >= 4 is 17.3 Å². The van der Waals surface area contributed by atoms with Crippen molar-refractivity contribution < 1.29 is 9.53 Å². The zero-order valence-corrected chi connectivity index (χ0v) is 19.1. The maximum atomic E-state index is 13.1. The highest BCUT2D eigenvalue weighted by molar-refractivity contribution is 6.01. The Labute approximate surface area is 190 Å². The van der Waals surface area contributed by atoms with Crippen LogP contribution in [0.15, 0.2) is 30.3 Å². The molecule has 1 aliphatic carbocycles. The first-order valence-corrected chi connectivity index (χ1v) is 12.1. The highest BCUT2D eigenvalue weighted by atomic mass is 16.5. The van der Waals surface area contributed by atoms with Crippen LogP contribution >= 0.6 is 0 Å². The number of hydrogen-bond donors (Lipinski definition) is 1. The number of hydrogen-bond acceptors (Lipinski definition) is 6. The predicted octanol–water partition coefficient (Wildman–Crippen LogP) is 4.10. The van der Waals surface area contributed by atoms with Gasteiger partial charge < -0.3 is 15.4 Å². The van der Waals surface area contributed by atoms with Crippen LogP contribution in [0, 0.1) is 0 Å². The van der Waals surface area contributed by atoms with Gasteiger partial charge in [-0.25, -0.2) is 0 Å². The number of ether oxygens (including phenoxy) is 1. The van der Waals surface area contributed by atoms with Crippen molar-refractivity contribution in [3.8, 4) is 5.88 Å². The SMILES string of the molecule is CCCCOc1cc2c(c(N)n1)CC(=O)C1(CC1)N2Cc1cccc(CN2CCCC2)c1. The number of aromatic nitrogens is 1. The summed E-state index contributed by atoms with van der Waals surface area (Å²) in [5.74, 6) is 1.25. The maximum Gasteiger partial charge on any atom is 0.217 e. The summed E-state index contributed by atoms with van der Waals surface area (Å²) in [5.41, 5.74) is 10.4. The van der Waals surface area contributed by atoms with E-state index in [4.69, 9.17) is 10.5 Å². The molecule has 0 atom stereocenters. The van der Waals surface area contributed by atoms with Crippen molar-refractivity contribution in [2.24, 2.45) is 0 Å². The number of likely N-dealkylation sites (tertiary alicyclic amines) is 1. The normalized spacial score (nSPS) is 19.4. The molecule has 0 radical (unpaired) electrons. The number of pyridine rings is 1. The van der Waals surface area contributed by atoms with E-state index in [1.165, 1.54) is 37.1 Å². The van der Waals surface area contributed by atoms with E-state index in [0.29, 0.717) is 31.3 Å². The average molecular weight is 435 g/mol. The molecule has 1 saturated heterocycles. The Morgan fingerprint density at radius 1 is 1.12 bits per heavy atom. The molecule has 6 nitrogen and oxygen atoms in total. The summed E-state index contributed by atoms with van der Waals surface area (Å²) >= 11 is 0. The molecular weight excluding hydrogens is 400 g/mol. The molecule has 1 spiro atoms. The Morgan fingerprint density at radius 3 is 2.59 bits per heavy atom. The molecule has 170 valence electrons. The lowest BCUT2D eigenvalue weighted by atomic mass is 9.92. The predicted molar refractivity (Wildman–Crippen MR) is 127 cm³/mol. The first-order chi connectivity index (χ1) is 15.6. The van der Waals surface area contributed by atoms with Crippen LogP contribution in [-0.4, -0.2) is 40.9 Å². The number of carbonyl (C=O) groups excluding carboxylic acids is 1. The van der Waals surface area contributed by atoms with Crippen LogP contribution in [0.3, 0.4) is 0 Å². The minimum absolute atomic E-state index is 0.270. The maximum absolute atomic E-state index is 13.1. The standard InChI is InChI=1S/C26H34N4O2/c1-2-3-13-32-24-16-22-21(25(27)28-24)15-23(31)26(9-10-26)30(22)18-20-8-6-7-19(14-20)17-29-11-4-5-12-29/h6-8,14,16H,2-5,9-13,15,17-18H2,1H3,(H2,27,28). The summed E-state index contributed by atoms with van der Waals surface area (Å²) in [6.45, 7) is 6.85. The molecule has 32 heavy (non-hydrogen) atoms. The molecule has 3 heterocycles. The highest BCUT2D eigenvalue weighted by Crippen LogP contribution is 2.51. The van der Waals surface area contributed by atoms with Crippen molar-refractivity contribution in [3.05, 3.63) is 47.0 Å². The number of carbonyl (C=O) groups is 1. The number of fused-ring (bicyclic) bond motifs is 1. The first-order valence-electron chi connectivity index (χ1n) is 12.1. The number of rotatable bonds is 8. The molecule has 1 aromatic heterocycles. The summed E-state index contributed by atoms with van der Waals surface area (Å²) in [6.07, 6.45) is 6.83. The Hall–Kier alpha value is -2.60. The second-order valence-electron chi connectivity index (χ2n) is 9.57. The monoisotopic (exact) mass is 434 g/mol. The van der Waals surface area contributed by atoms with E-state index < -0.39 is 0 Å². The van der Waals surface area contributed by atoms with Crippen molar-refractivity contribution in [3.63, 3.8) is 0 Å². The Balaban J connectivity index is 1.43. The van der Waals surface area contributed by atoms with E-state index in [0.717, 1.165) is 43.5 Å². The third-order valence-electron chi connectivity index (χ3n) is 7.18. The topological polar surface area (TPSA) is 71.7 Å². The Bertz CT molecular complexity index is 995. The van der Waals surface area contributed by atoms with Crippen LogP contribution in [0.4, 0.5) is 11.5 Å². The molecule has 1 saturated carbocycles. The van der Waals surface area contributed by atoms with Gasteiger partial charge in [-0.05, 0) is 56.3 Å². The van der Waals surface area contributed by atoms with Crippen molar-refractivity contribution in [1.82, 2.24) is 9.88 Å². The van der Waals surface area contributed by atoms with Crippen molar-refractivity contribution in [1.29, 1.82) is 0 Å². The average Bonchev–Trinajstić information content (AvgIpc) is 3.42. The lowest BCUT2D eigenvalue weighted by Crippen LogP contribution is -2.48. The number of ketones is 1. The lowest BCUT2D eigenvalue weighted by Gasteiger charge is -2.39. The number of Topliss-reactive ketones (excluding diaryl/α,β-unsaturated/α-hetero) is 1. The van der Waals surface area contributed by atoms with Crippen LogP contribution in [-0.2, 0) is 24.3 Å². The number of nitrogens with zero attached hydrogens (tertiary/aromatic N) is 3. The van der Waals surface area contributed by atoms with Gasteiger partial charge in [0.15, 0.2) is 5.78 Å². The van der Waals surface area contributed by atoms with Crippen LogP contribution in [0.2, 0.25) is 0 Å². The first kappa shape index (κ1) is 21.3. The van der Waals surface area contributed by atoms with Gasteiger partial charge in [-0.1, -0.05) is 37.6 Å². The van der Waals surface area contributed by atoms with Gasteiger partial charge in [0.25, 0.3) is 0 Å². The largest absolute Gasteiger partial charge is 0.478 e. The molecule has 2 aliphatic heterocycles. The number of nitrogens with two attached hydrogens (primary N) is 1. The zero-order chi connectivity index (χ0) is 22.1. The molecule has 1 aromatic carbocycles. The third-order valence-corrected chi connectivity index (χ3v) is 7.18. The minimum Gasteiger partial charge on any atom is -0.478 e. The van der Waals surface area contributed by atoms with Gasteiger partial charge in [0.2, 0.25) is 5.88 Å². The van der Waals surface area contributed by atoms with Crippen LogP contribution in [0.5, 0.6) is 5.88 Å². The van der Waals surface area contributed by atoms with E-state index in [1.54, 1.807) is 0 Å². The number of benzene rings is 1. The van der Waals surface area contributed by atoms with Gasteiger partial charge >= 0.3 is 0 Å². The number of unbranched alkanes of at least 4 members (excludes halogenated alkanes) is 1. The van der Waals surface area contributed by atoms with E-state index in [1.807, 2.05) is 6.07 Å². The fourth-order valence-electron chi connectivity index (χ4n) is 5.19. The second kappa shape index (κ2) is 8.74. The van der Waals surface area contributed by atoms with E-state index >= 15 is 0 Å². The molecule has 0 unspecified atom stereocenters. The fourth-order valence-corrected chi connectivity index (χ4v) is 5.19. The highest BCUT2D eigenvalue weighted by Gasteiger charge is 2.57. The summed E-state index contributed by atoms with van der Waals surface area (Å²) in [5, 5.41) is 0. The van der Waals surface area contributed by atoms with Gasteiger partial charge in [0.05, 0.1) is 17.8 Å². The molecule has 5 rings (SSSR count). The molecule has 2 fully saturated rings. The minimum atomic E-state index is -0.383. The van der Waals surface area contributed by atoms with Crippen molar-refractivity contribution in [2.45, 2.75) is 70.5 Å². The molecule has 2 aromatic rings. The van der Waals surface area contributed by atoms with E-state index in [-0.39, 0.29) is 11.3 Å². The molecule has 0 bridgehead atoms. The molecule has 2 N–H and O–H groups in total.